The molecule has 1 aliphatic heterocycles. The molecule has 1 heterocycles. The summed E-state index contributed by atoms with van der Waals surface area (Å²) >= 11 is 5.85. The van der Waals surface area contributed by atoms with E-state index < -0.39 is 10.0 Å². The first kappa shape index (κ1) is 19.9. The summed E-state index contributed by atoms with van der Waals surface area (Å²) in [5.74, 6) is 0.249. The molecule has 0 atom stereocenters. The number of hydrogen-bond acceptors (Lipinski definition) is 3. The van der Waals surface area contributed by atoms with E-state index in [1.54, 1.807) is 29.2 Å². The molecule has 7 heteroatoms. The molecule has 0 bridgehead atoms. The Morgan fingerprint density at radius 2 is 1.59 bits per heavy atom. The number of alkyl halides is 1. The number of rotatable bonds is 4. The van der Waals surface area contributed by atoms with E-state index in [2.05, 4.69) is 0 Å². The minimum atomic E-state index is -3.60. The first-order chi connectivity index (χ1) is 14.0. The summed E-state index contributed by atoms with van der Waals surface area (Å²) in [4.78, 5) is 14.7. The number of amides is 1. The molecule has 1 fully saturated rings. The highest BCUT2D eigenvalue weighted by atomic mass is 35.5. The van der Waals surface area contributed by atoms with E-state index >= 15 is 0 Å². The topological polar surface area (TPSA) is 57.7 Å². The molecule has 0 unspecified atom stereocenters. The van der Waals surface area contributed by atoms with Gasteiger partial charge in [0.05, 0.1) is 4.90 Å². The van der Waals surface area contributed by atoms with Crippen molar-refractivity contribution in [1.82, 2.24) is 9.21 Å². The molecule has 29 heavy (non-hydrogen) atoms. The van der Waals surface area contributed by atoms with Crippen molar-refractivity contribution in [1.29, 1.82) is 0 Å². The summed E-state index contributed by atoms with van der Waals surface area (Å²) in [5.41, 5.74) is 1.46. The fourth-order valence-corrected chi connectivity index (χ4v) is 5.20. The minimum absolute atomic E-state index is 0.0975. The van der Waals surface area contributed by atoms with Crippen LogP contribution in [0.5, 0.6) is 0 Å². The van der Waals surface area contributed by atoms with E-state index in [4.69, 9.17) is 11.6 Å². The van der Waals surface area contributed by atoms with Gasteiger partial charge >= 0.3 is 0 Å². The average molecular weight is 429 g/mol. The van der Waals surface area contributed by atoms with Crippen LogP contribution in [0, 0.1) is 0 Å². The van der Waals surface area contributed by atoms with Crippen LogP contribution in [-0.4, -0.2) is 49.7 Å². The average Bonchev–Trinajstić information content (AvgIpc) is 2.78. The van der Waals surface area contributed by atoms with Gasteiger partial charge in [0.25, 0.3) is 5.91 Å². The molecule has 0 aliphatic carbocycles. The molecule has 0 radical (unpaired) electrons. The third kappa shape index (κ3) is 4.01. The van der Waals surface area contributed by atoms with Crippen LogP contribution in [0.15, 0.2) is 71.6 Å². The third-order valence-electron chi connectivity index (χ3n) is 5.21. The number of piperazine rings is 1. The van der Waals surface area contributed by atoms with E-state index in [0.29, 0.717) is 24.5 Å². The van der Waals surface area contributed by atoms with Gasteiger partial charge in [-0.05, 0) is 40.6 Å². The van der Waals surface area contributed by atoms with Crippen molar-refractivity contribution in [2.45, 2.75) is 10.8 Å². The maximum absolute atomic E-state index is 13.1. The second-order valence-corrected chi connectivity index (χ2v) is 9.24. The largest absolute Gasteiger partial charge is 0.336 e. The maximum atomic E-state index is 13.1. The molecule has 150 valence electrons. The van der Waals surface area contributed by atoms with E-state index in [1.807, 2.05) is 42.5 Å². The number of fused-ring (bicyclic) bond motifs is 1. The summed E-state index contributed by atoms with van der Waals surface area (Å²) in [7, 11) is -3.60. The molecule has 5 nitrogen and oxygen atoms in total. The zero-order valence-electron chi connectivity index (χ0n) is 15.8. The fraction of sp³-hybridized carbons (Fsp3) is 0.227. The van der Waals surface area contributed by atoms with Gasteiger partial charge in [0.1, 0.15) is 0 Å². The zero-order valence-corrected chi connectivity index (χ0v) is 17.4. The smallest absolute Gasteiger partial charge is 0.253 e. The van der Waals surface area contributed by atoms with Crippen LogP contribution in [0.1, 0.15) is 15.9 Å². The van der Waals surface area contributed by atoms with Gasteiger partial charge in [-0.3, -0.25) is 4.79 Å². The second-order valence-electron chi connectivity index (χ2n) is 7.04. The highest BCUT2D eigenvalue weighted by Crippen LogP contribution is 2.23. The van der Waals surface area contributed by atoms with Crippen molar-refractivity contribution in [3.05, 3.63) is 77.9 Å². The molecule has 0 N–H and O–H groups in total. The molecule has 1 amide bonds. The van der Waals surface area contributed by atoms with Crippen LogP contribution in [0.2, 0.25) is 0 Å². The SMILES string of the molecule is O=C(c1cccc(CCl)c1)N1CCN(S(=O)(=O)c2ccc3ccccc3c2)CC1. The zero-order chi connectivity index (χ0) is 20.4. The van der Waals surface area contributed by atoms with Gasteiger partial charge in [0.15, 0.2) is 0 Å². The van der Waals surface area contributed by atoms with Crippen molar-refractivity contribution >= 4 is 38.3 Å². The van der Waals surface area contributed by atoms with Crippen molar-refractivity contribution in [2.24, 2.45) is 0 Å². The van der Waals surface area contributed by atoms with Crippen molar-refractivity contribution < 1.29 is 13.2 Å². The summed E-state index contributed by atoms with van der Waals surface area (Å²) in [5, 5.41) is 1.89. The lowest BCUT2D eigenvalue weighted by molar-refractivity contribution is 0.0698. The minimum Gasteiger partial charge on any atom is -0.336 e. The van der Waals surface area contributed by atoms with Crippen molar-refractivity contribution in [2.75, 3.05) is 26.2 Å². The van der Waals surface area contributed by atoms with Gasteiger partial charge in [-0.2, -0.15) is 4.31 Å². The van der Waals surface area contributed by atoms with Gasteiger partial charge in [0.2, 0.25) is 10.0 Å². The van der Waals surface area contributed by atoms with Crippen LogP contribution < -0.4 is 0 Å². The van der Waals surface area contributed by atoms with Crippen LogP contribution in [0.25, 0.3) is 10.8 Å². The van der Waals surface area contributed by atoms with E-state index in [-0.39, 0.29) is 23.9 Å². The highest BCUT2D eigenvalue weighted by Gasteiger charge is 2.30. The number of benzene rings is 3. The Morgan fingerprint density at radius 1 is 0.862 bits per heavy atom. The van der Waals surface area contributed by atoms with Crippen LogP contribution >= 0.6 is 11.6 Å². The van der Waals surface area contributed by atoms with Crippen molar-refractivity contribution in [3.8, 4) is 0 Å². The summed E-state index contributed by atoms with van der Waals surface area (Å²) in [6.07, 6.45) is 0. The molecule has 3 aromatic rings. The quantitative estimate of drug-likeness (QED) is 0.595. The van der Waals surface area contributed by atoms with Crippen LogP contribution in [0.3, 0.4) is 0 Å². The summed E-state index contributed by atoms with van der Waals surface area (Å²) in [6.45, 7) is 1.26. The maximum Gasteiger partial charge on any atom is 0.253 e. The molecule has 0 aromatic heterocycles. The molecule has 4 rings (SSSR count). The van der Waals surface area contributed by atoms with Gasteiger partial charge in [-0.25, -0.2) is 8.42 Å². The summed E-state index contributed by atoms with van der Waals surface area (Å²) < 4.78 is 27.6. The number of sulfonamides is 1. The Balaban J connectivity index is 1.48. The van der Waals surface area contributed by atoms with Crippen LogP contribution in [-0.2, 0) is 15.9 Å². The number of carbonyl (C=O) groups excluding carboxylic acids is 1. The molecule has 0 saturated carbocycles. The summed E-state index contributed by atoms with van der Waals surface area (Å²) in [6, 6.07) is 20.1. The Hall–Kier alpha value is -2.41. The lowest BCUT2D eigenvalue weighted by atomic mass is 10.1. The number of hydrogen-bond donors (Lipinski definition) is 0. The highest BCUT2D eigenvalue weighted by molar-refractivity contribution is 7.89. The Morgan fingerprint density at radius 3 is 2.31 bits per heavy atom. The molecule has 1 saturated heterocycles. The molecule has 0 spiro atoms. The first-order valence-electron chi connectivity index (χ1n) is 9.42. The normalized spacial score (nSPS) is 15.6. The molecule has 3 aromatic carbocycles. The first-order valence-corrected chi connectivity index (χ1v) is 11.4. The lowest BCUT2D eigenvalue weighted by Crippen LogP contribution is -2.50. The van der Waals surface area contributed by atoms with Gasteiger partial charge in [-0.15, -0.1) is 11.6 Å². The number of nitrogens with zero attached hydrogens (tertiary/aromatic N) is 2. The standard InChI is InChI=1S/C22H21ClN2O3S/c23-16-17-4-3-7-20(14-17)22(26)24-10-12-25(13-11-24)29(27,28)21-9-8-18-5-1-2-6-19(18)15-21/h1-9,14-15H,10-13,16H2. The third-order valence-corrected chi connectivity index (χ3v) is 7.42. The predicted molar refractivity (Wildman–Crippen MR) is 115 cm³/mol. The van der Waals surface area contributed by atoms with Crippen molar-refractivity contribution in [3.63, 3.8) is 0 Å². The number of carbonyl (C=O) groups is 1. The predicted octanol–water partition coefficient (Wildman–Crippen LogP) is 3.73. The second kappa shape index (κ2) is 8.14. The Kier molecular flexibility index (Phi) is 5.58. The monoisotopic (exact) mass is 428 g/mol. The van der Waals surface area contributed by atoms with Crippen LogP contribution in [0.4, 0.5) is 0 Å². The molecule has 1 aliphatic rings. The van der Waals surface area contributed by atoms with Gasteiger partial charge in [0, 0.05) is 37.6 Å². The van der Waals surface area contributed by atoms with Gasteiger partial charge in [-0.1, -0.05) is 42.5 Å². The molecular formula is C22H21ClN2O3S. The Bertz CT molecular complexity index is 1160. The lowest BCUT2D eigenvalue weighted by Gasteiger charge is -2.34. The van der Waals surface area contributed by atoms with E-state index in [9.17, 15) is 13.2 Å². The van der Waals surface area contributed by atoms with Gasteiger partial charge < -0.3 is 4.90 Å². The van der Waals surface area contributed by atoms with E-state index in [1.165, 1.54) is 4.31 Å². The molecular weight excluding hydrogens is 408 g/mol. The fourth-order valence-electron chi connectivity index (χ4n) is 3.58. The number of halogens is 1. The van der Waals surface area contributed by atoms with E-state index in [0.717, 1.165) is 16.3 Å². The Labute approximate surface area is 175 Å².